The highest BCUT2D eigenvalue weighted by atomic mass is 79.9. The molecule has 0 aliphatic heterocycles. The van der Waals surface area contributed by atoms with Gasteiger partial charge in [0.05, 0.1) is 5.54 Å². The van der Waals surface area contributed by atoms with E-state index in [2.05, 4.69) is 20.8 Å². The Kier molecular flexibility index (Phi) is 4.82. The van der Waals surface area contributed by atoms with E-state index in [-0.39, 0.29) is 5.82 Å². The van der Waals surface area contributed by atoms with E-state index in [4.69, 9.17) is 12.3 Å². The second-order valence-electron chi connectivity index (χ2n) is 4.89. The van der Waals surface area contributed by atoms with E-state index in [1.807, 2.05) is 13.8 Å². The molecule has 0 spiro atoms. The zero-order valence-electron chi connectivity index (χ0n) is 10.6. The number of hydrogen-bond acceptors (Lipinski definition) is 2. The molecule has 1 aromatic carbocycles. The molecule has 2 N–H and O–H groups in total. The average Bonchev–Trinajstić information content (AvgIpc) is 2.30. The van der Waals surface area contributed by atoms with Crippen LogP contribution in [0.15, 0.2) is 22.7 Å². The average molecular weight is 331 g/mol. The van der Waals surface area contributed by atoms with Crippen molar-refractivity contribution in [2.75, 3.05) is 5.75 Å². The van der Waals surface area contributed by atoms with Crippen molar-refractivity contribution < 1.29 is 4.39 Å². The molecule has 0 aliphatic rings. The summed E-state index contributed by atoms with van der Waals surface area (Å²) in [6, 6.07) is 4.74. The summed E-state index contributed by atoms with van der Waals surface area (Å²) in [7, 11) is 0. The minimum Gasteiger partial charge on any atom is -0.321 e. The maximum absolute atomic E-state index is 13.8. The van der Waals surface area contributed by atoms with Crippen molar-refractivity contribution in [3.05, 3.63) is 45.5 Å². The molecular weight excluding hydrogens is 315 g/mol. The molecule has 0 aliphatic carbocycles. The summed E-state index contributed by atoms with van der Waals surface area (Å²) in [5, 5.41) is 0. The number of halogens is 2. The maximum atomic E-state index is 13.8. The SMILES string of the molecule is [C-]#[N+]C(C)(C)SC[C@](C)(N)c1cc(Br)ccc1F. The van der Waals surface area contributed by atoms with Crippen molar-refractivity contribution >= 4 is 27.7 Å². The standard InChI is InChI=1S/C13H16BrFN2S/c1-12(2,17-4)18-8-13(3,16)10-7-9(14)5-6-11(10)15/h5-7H,8,16H2,1-3H3/t13-/m0/s1. The smallest absolute Gasteiger partial charge is 0.272 e. The van der Waals surface area contributed by atoms with Crippen LogP contribution in [0.2, 0.25) is 0 Å². The van der Waals surface area contributed by atoms with Crippen molar-refractivity contribution in [2.24, 2.45) is 5.73 Å². The van der Waals surface area contributed by atoms with E-state index in [9.17, 15) is 4.39 Å². The first-order valence-electron chi connectivity index (χ1n) is 5.45. The largest absolute Gasteiger partial charge is 0.321 e. The zero-order chi connectivity index (χ0) is 14.0. The molecule has 1 aromatic rings. The predicted octanol–water partition coefficient (Wildman–Crippen LogP) is 4.15. The minimum atomic E-state index is -0.805. The van der Waals surface area contributed by atoms with Crippen LogP contribution in [0.3, 0.4) is 0 Å². The lowest BCUT2D eigenvalue weighted by Crippen LogP contribution is -2.38. The lowest BCUT2D eigenvalue weighted by atomic mass is 9.95. The fraction of sp³-hybridized carbons (Fsp3) is 0.462. The second-order valence-corrected chi connectivity index (χ2v) is 7.38. The fourth-order valence-corrected chi connectivity index (χ4v) is 2.61. The molecule has 0 heterocycles. The van der Waals surface area contributed by atoms with Crippen LogP contribution in [0.4, 0.5) is 4.39 Å². The molecule has 0 aromatic heterocycles. The molecule has 18 heavy (non-hydrogen) atoms. The molecule has 0 radical (unpaired) electrons. The number of thioether (sulfide) groups is 1. The van der Waals surface area contributed by atoms with E-state index in [0.717, 1.165) is 4.47 Å². The summed E-state index contributed by atoms with van der Waals surface area (Å²) < 4.78 is 14.6. The Morgan fingerprint density at radius 3 is 2.61 bits per heavy atom. The minimum absolute atomic E-state index is 0.315. The Morgan fingerprint density at radius 2 is 2.06 bits per heavy atom. The van der Waals surface area contributed by atoms with Crippen molar-refractivity contribution in [3.63, 3.8) is 0 Å². The van der Waals surface area contributed by atoms with Gasteiger partial charge in [-0.25, -0.2) is 11.0 Å². The van der Waals surface area contributed by atoms with Gasteiger partial charge in [0.2, 0.25) is 0 Å². The summed E-state index contributed by atoms with van der Waals surface area (Å²) in [5.74, 6) is 0.167. The van der Waals surface area contributed by atoms with Gasteiger partial charge in [-0.2, -0.15) is 0 Å². The van der Waals surface area contributed by atoms with Gasteiger partial charge in [0, 0.05) is 29.6 Å². The molecule has 5 heteroatoms. The van der Waals surface area contributed by atoms with Crippen LogP contribution in [0, 0.1) is 12.4 Å². The van der Waals surface area contributed by atoms with Gasteiger partial charge in [0.1, 0.15) is 5.82 Å². The molecule has 0 saturated heterocycles. The molecule has 1 rings (SSSR count). The molecule has 0 unspecified atom stereocenters. The molecule has 98 valence electrons. The van der Waals surface area contributed by atoms with Crippen molar-refractivity contribution in [1.82, 2.24) is 0 Å². The molecule has 0 fully saturated rings. The highest BCUT2D eigenvalue weighted by Crippen LogP contribution is 2.33. The summed E-state index contributed by atoms with van der Waals surface area (Å²) in [6.07, 6.45) is 0. The number of rotatable bonds is 4. The zero-order valence-corrected chi connectivity index (χ0v) is 13.0. The highest BCUT2D eigenvalue weighted by Gasteiger charge is 2.31. The summed E-state index contributed by atoms with van der Waals surface area (Å²) in [6.45, 7) is 12.5. The Balaban J connectivity index is 2.93. The molecular formula is C13H16BrFN2S. The predicted molar refractivity (Wildman–Crippen MR) is 78.8 cm³/mol. The van der Waals surface area contributed by atoms with Crippen LogP contribution >= 0.6 is 27.7 Å². The molecule has 1 atom stereocenters. The third-order valence-corrected chi connectivity index (χ3v) is 4.57. The molecule has 0 amide bonds. The number of benzene rings is 1. The lowest BCUT2D eigenvalue weighted by Gasteiger charge is -2.27. The van der Waals surface area contributed by atoms with E-state index in [1.165, 1.54) is 17.8 Å². The van der Waals surface area contributed by atoms with Crippen LogP contribution in [0.25, 0.3) is 4.85 Å². The first-order valence-corrected chi connectivity index (χ1v) is 7.23. The van der Waals surface area contributed by atoms with Crippen molar-refractivity contribution in [1.29, 1.82) is 0 Å². The third kappa shape index (κ3) is 3.98. The number of nitrogens with zero attached hydrogens (tertiary/aromatic N) is 1. The normalized spacial score (nSPS) is 14.9. The molecule has 0 bridgehead atoms. The van der Waals surface area contributed by atoms with Crippen LogP contribution < -0.4 is 5.73 Å². The van der Waals surface area contributed by atoms with Gasteiger partial charge in [0.25, 0.3) is 4.87 Å². The Morgan fingerprint density at radius 1 is 1.44 bits per heavy atom. The summed E-state index contributed by atoms with van der Waals surface area (Å²) in [5.41, 5.74) is 5.84. The second kappa shape index (κ2) is 5.60. The number of nitrogens with two attached hydrogens (primary N) is 1. The lowest BCUT2D eigenvalue weighted by molar-refractivity contribution is 0.507. The Hall–Kier alpha value is -0.570. The Bertz CT molecular complexity index is 480. The van der Waals surface area contributed by atoms with Gasteiger partial charge in [0.15, 0.2) is 0 Å². The van der Waals surface area contributed by atoms with Gasteiger partial charge >= 0.3 is 0 Å². The van der Waals surface area contributed by atoms with Gasteiger partial charge in [-0.3, -0.25) is 4.85 Å². The van der Waals surface area contributed by atoms with Crippen LogP contribution in [-0.2, 0) is 5.54 Å². The van der Waals surface area contributed by atoms with Gasteiger partial charge in [-0.05, 0) is 25.1 Å². The quantitative estimate of drug-likeness (QED) is 0.840. The van der Waals surface area contributed by atoms with Crippen molar-refractivity contribution in [3.8, 4) is 0 Å². The third-order valence-electron chi connectivity index (χ3n) is 2.54. The van der Waals surface area contributed by atoms with E-state index in [0.29, 0.717) is 11.3 Å². The van der Waals surface area contributed by atoms with E-state index in [1.54, 1.807) is 19.1 Å². The monoisotopic (exact) mass is 330 g/mol. The highest BCUT2D eigenvalue weighted by molar-refractivity contribution is 9.10. The number of hydrogen-bond donors (Lipinski definition) is 1. The van der Waals surface area contributed by atoms with Crippen LogP contribution in [-0.4, -0.2) is 10.6 Å². The molecule has 2 nitrogen and oxygen atoms in total. The summed E-state index contributed by atoms with van der Waals surface area (Å²) in [4.78, 5) is 2.97. The van der Waals surface area contributed by atoms with E-state index >= 15 is 0 Å². The van der Waals surface area contributed by atoms with Gasteiger partial charge < -0.3 is 5.73 Å². The van der Waals surface area contributed by atoms with Crippen LogP contribution in [0.5, 0.6) is 0 Å². The van der Waals surface area contributed by atoms with Gasteiger partial charge in [-0.15, -0.1) is 0 Å². The van der Waals surface area contributed by atoms with Gasteiger partial charge in [-0.1, -0.05) is 27.7 Å². The fourth-order valence-electron chi connectivity index (χ4n) is 1.37. The topological polar surface area (TPSA) is 30.4 Å². The van der Waals surface area contributed by atoms with Crippen molar-refractivity contribution in [2.45, 2.75) is 31.2 Å². The Labute approximate surface area is 120 Å². The maximum Gasteiger partial charge on any atom is 0.272 e. The first-order chi connectivity index (χ1) is 8.18. The first kappa shape index (κ1) is 15.5. The van der Waals surface area contributed by atoms with Crippen LogP contribution in [0.1, 0.15) is 26.3 Å². The summed E-state index contributed by atoms with van der Waals surface area (Å²) >= 11 is 4.75. The molecule has 0 saturated carbocycles. The van der Waals surface area contributed by atoms with E-state index < -0.39 is 10.4 Å².